The minimum absolute atomic E-state index is 0.117. The summed E-state index contributed by atoms with van der Waals surface area (Å²) in [5.41, 5.74) is 2.75. The van der Waals surface area contributed by atoms with Crippen LogP contribution in [0.5, 0.6) is 0 Å². The molecule has 4 aromatic rings. The Labute approximate surface area is 206 Å². The fourth-order valence-electron chi connectivity index (χ4n) is 4.76. The molecule has 0 saturated carbocycles. The van der Waals surface area contributed by atoms with Gasteiger partial charge < -0.3 is 0 Å². The van der Waals surface area contributed by atoms with E-state index in [-0.39, 0.29) is 17.2 Å². The summed E-state index contributed by atoms with van der Waals surface area (Å²) in [7, 11) is 0. The minimum atomic E-state index is -0.821. The number of amides is 1. The molecule has 0 fully saturated rings. The van der Waals surface area contributed by atoms with Crippen molar-refractivity contribution in [2.24, 2.45) is 11.0 Å². The quantitative estimate of drug-likeness (QED) is 0.321. The van der Waals surface area contributed by atoms with Crippen LogP contribution in [0.2, 0.25) is 0 Å². The fraction of sp³-hybridized carbons (Fsp3) is 0.148. The number of nitrogens with zero attached hydrogens (tertiary/aromatic N) is 4. The molecule has 36 heavy (non-hydrogen) atoms. The molecular formula is C27H23N5O4. The predicted octanol–water partition coefficient (Wildman–Crippen LogP) is 4.55. The number of aryl methyl sites for hydroxylation is 1. The van der Waals surface area contributed by atoms with Gasteiger partial charge in [-0.2, -0.15) is 5.10 Å². The van der Waals surface area contributed by atoms with E-state index >= 15 is 0 Å². The summed E-state index contributed by atoms with van der Waals surface area (Å²) in [5.74, 6) is -1.91. The number of non-ortho nitro benzene ring substituents is 1. The van der Waals surface area contributed by atoms with Gasteiger partial charge >= 0.3 is 0 Å². The van der Waals surface area contributed by atoms with E-state index < -0.39 is 16.8 Å². The third-order valence-electron chi connectivity index (χ3n) is 6.40. The van der Waals surface area contributed by atoms with E-state index in [1.165, 1.54) is 21.8 Å². The molecule has 0 spiro atoms. The summed E-state index contributed by atoms with van der Waals surface area (Å²) in [5, 5.41) is 20.5. The highest BCUT2D eigenvalue weighted by atomic mass is 16.6. The van der Waals surface area contributed by atoms with Crippen LogP contribution < -0.4 is 10.6 Å². The van der Waals surface area contributed by atoms with Crippen LogP contribution in [0.1, 0.15) is 29.7 Å². The Morgan fingerprint density at radius 1 is 0.917 bits per heavy atom. The van der Waals surface area contributed by atoms with Gasteiger partial charge in [0.15, 0.2) is 0 Å². The highest BCUT2D eigenvalue weighted by Gasteiger charge is 2.43. The standard InChI is InChI=1S/C27H23N5O4/c1-17-23(26(33)30(28-17)20-11-5-3-6-12-20)25(19-10-9-15-22(16-19)32(35)36)24-18(2)29-31(27(24)34)21-13-7-4-8-14-21/h3-16,23,25,29H,1-2H3/t23-,25-/m0/s1. The molecule has 1 aromatic heterocycles. The van der Waals surface area contributed by atoms with Gasteiger partial charge in [0.2, 0.25) is 0 Å². The Morgan fingerprint density at radius 2 is 1.56 bits per heavy atom. The molecule has 0 bridgehead atoms. The average molecular weight is 482 g/mol. The lowest BCUT2D eigenvalue weighted by molar-refractivity contribution is -0.384. The SMILES string of the molecule is CC1=NN(c2ccccc2)C(=O)[C@@H]1[C@H](c1cccc([N+](=O)[O-])c1)c1c(C)[nH]n(-c2ccccc2)c1=O. The van der Waals surface area contributed by atoms with Gasteiger partial charge in [0.1, 0.15) is 0 Å². The Balaban J connectivity index is 1.69. The number of rotatable bonds is 6. The Bertz CT molecular complexity index is 1540. The van der Waals surface area contributed by atoms with Crippen LogP contribution in [0, 0.1) is 23.0 Å². The van der Waals surface area contributed by atoms with E-state index in [0.29, 0.717) is 33.9 Å². The summed E-state index contributed by atoms with van der Waals surface area (Å²) in [4.78, 5) is 38.6. The van der Waals surface area contributed by atoms with Crippen LogP contribution in [-0.2, 0) is 4.79 Å². The van der Waals surface area contributed by atoms with Gasteiger partial charge in [-0.05, 0) is 43.7 Å². The highest BCUT2D eigenvalue weighted by Crippen LogP contribution is 2.39. The van der Waals surface area contributed by atoms with Gasteiger partial charge in [-0.25, -0.2) is 9.69 Å². The number of nitro benzene ring substituents is 1. The van der Waals surface area contributed by atoms with Crippen molar-refractivity contribution in [2.45, 2.75) is 19.8 Å². The van der Waals surface area contributed by atoms with Crippen molar-refractivity contribution in [2.75, 3.05) is 5.01 Å². The van der Waals surface area contributed by atoms with Crippen LogP contribution in [0.15, 0.2) is 94.8 Å². The van der Waals surface area contributed by atoms with Gasteiger partial charge in [0.25, 0.3) is 17.2 Å². The van der Waals surface area contributed by atoms with Gasteiger partial charge in [-0.3, -0.25) is 24.8 Å². The molecule has 2 heterocycles. The van der Waals surface area contributed by atoms with Gasteiger partial charge in [0.05, 0.1) is 22.2 Å². The zero-order valence-electron chi connectivity index (χ0n) is 19.7. The molecule has 1 amide bonds. The molecule has 2 atom stereocenters. The number of hydrogen-bond acceptors (Lipinski definition) is 5. The van der Waals surface area contributed by atoms with Crippen molar-refractivity contribution in [1.29, 1.82) is 0 Å². The first-order valence-corrected chi connectivity index (χ1v) is 11.4. The number of benzene rings is 3. The number of nitro groups is 1. The van der Waals surface area contributed by atoms with Gasteiger partial charge in [0, 0.05) is 35.0 Å². The molecule has 9 heteroatoms. The maximum Gasteiger partial charge on any atom is 0.275 e. The number of para-hydroxylation sites is 2. The molecule has 3 aromatic carbocycles. The van der Waals surface area contributed by atoms with Gasteiger partial charge in [-0.1, -0.05) is 48.5 Å². The number of nitrogens with one attached hydrogen (secondary N) is 1. The summed E-state index contributed by atoms with van der Waals surface area (Å²) in [6.45, 7) is 3.51. The molecule has 1 aliphatic heterocycles. The summed E-state index contributed by atoms with van der Waals surface area (Å²) >= 11 is 0. The van der Waals surface area contributed by atoms with Crippen molar-refractivity contribution >= 4 is 23.0 Å². The van der Waals surface area contributed by atoms with Crippen molar-refractivity contribution in [3.8, 4) is 5.69 Å². The van der Waals surface area contributed by atoms with E-state index in [2.05, 4.69) is 10.2 Å². The molecule has 9 nitrogen and oxygen atoms in total. The Morgan fingerprint density at radius 3 is 2.19 bits per heavy atom. The molecule has 1 aliphatic rings. The zero-order valence-corrected chi connectivity index (χ0v) is 19.7. The van der Waals surface area contributed by atoms with Gasteiger partial charge in [-0.15, -0.1) is 0 Å². The smallest absolute Gasteiger partial charge is 0.275 e. The summed E-state index contributed by atoms with van der Waals surface area (Å²) in [6.07, 6.45) is 0. The lowest BCUT2D eigenvalue weighted by Gasteiger charge is -2.23. The molecule has 0 unspecified atom stereocenters. The first-order chi connectivity index (χ1) is 17.4. The van der Waals surface area contributed by atoms with Crippen LogP contribution >= 0.6 is 0 Å². The van der Waals surface area contributed by atoms with Crippen molar-refractivity contribution in [3.05, 3.63) is 122 Å². The van der Waals surface area contributed by atoms with Crippen LogP contribution in [0.3, 0.4) is 0 Å². The topological polar surface area (TPSA) is 114 Å². The van der Waals surface area contributed by atoms with E-state index in [0.717, 1.165) is 0 Å². The lowest BCUT2D eigenvalue weighted by atomic mass is 9.78. The highest BCUT2D eigenvalue weighted by molar-refractivity contribution is 6.15. The van der Waals surface area contributed by atoms with Crippen LogP contribution in [0.25, 0.3) is 5.69 Å². The Kier molecular flexibility index (Phi) is 5.81. The second-order valence-corrected chi connectivity index (χ2v) is 8.66. The minimum Gasteiger partial charge on any atom is -0.295 e. The molecular weight excluding hydrogens is 458 g/mol. The van der Waals surface area contributed by atoms with E-state index in [1.54, 1.807) is 50.2 Å². The zero-order chi connectivity index (χ0) is 25.4. The maximum absolute atomic E-state index is 13.8. The van der Waals surface area contributed by atoms with Crippen molar-refractivity contribution < 1.29 is 9.72 Å². The second kappa shape index (κ2) is 9.10. The van der Waals surface area contributed by atoms with E-state index in [1.807, 2.05) is 36.4 Å². The first-order valence-electron chi connectivity index (χ1n) is 11.4. The second-order valence-electron chi connectivity index (χ2n) is 8.66. The third kappa shape index (κ3) is 3.90. The Hall–Kier alpha value is -4.79. The maximum atomic E-state index is 13.8. The molecule has 5 rings (SSSR count). The molecule has 0 radical (unpaired) electrons. The number of aromatic amines is 1. The van der Waals surface area contributed by atoms with Crippen molar-refractivity contribution in [1.82, 2.24) is 9.78 Å². The largest absolute Gasteiger partial charge is 0.295 e. The monoisotopic (exact) mass is 481 g/mol. The fourth-order valence-corrected chi connectivity index (χ4v) is 4.76. The average Bonchev–Trinajstić information content (AvgIpc) is 3.36. The number of hydrogen-bond donors (Lipinski definition) is 1. The van der Waals surface area contributed by atoms with E-state index in [4.69, 9.17) is 0 Å². The predicted molar refractivity (Wildman–Crippen MR) is 137 cm³/mol. The van der Waals surface area contributed by atoms with Crippen molar-refractivity contribution in [3.63, 3.8) is 0 Å². The van der Waals surface area contributed by atoms with Crippen LogP contribution in [0.4, 0.5) is 11.4 Å². The number of aromatic nitrogens is 2. The molecule has 0 aliphatic carbocycles. The normalized spacial score (nSPS) is 16.2. The first kappa shape index (κ1) is 23.0. The summed E-state index contributed by atoms with van der Waals surface area (Å²) in [6, 6.07) is 24.2. The molecule has 1 N–H and O–H groups in total. The van der Waals surface area contributed by atoms with Crippen LogP contribution in [-0.4, -0.2) is 26.3 Å². The van der Waals surface area contributed by atoms with E-state index in [9.17, 15) is 19.7 Å². The molecule has 0 saturated heterocycles. The lowest BCUT2D eigenvalue weighted by Crippen LogP contribution is -2.34. The number of anilines is 1. The number of H-pyrrole nitrogens is 1. The number of carbonyl (C=O) groups excluding carboxylic acids is 1. The number of hydrazone groups is 1. The summed E-state index contributed by atoms with van der Waals surface area (Å²) < 4.78 is 1.43. The number of carbonyl (C=O) groups is 1. The third-order valence-corrected chi connectivity index (χ3v) is 6.40. The molecule has 180 valence electrons.